The van der Waals surface area contributed by atoms with Gasteiger partial charge in [0, 0.05) is 45.3 Å². The third kappa shape index (κ3) is 11.2. The Balaban J connectivity index is 0.00000129. The summed E-state index contributed by atoms with van der Waals surface area (Å²) in [6, 6.07) is 11.7. The molecule has 0 radical (unpaired) electrons. The number of benzene rings is 1. The Hall–Kier alpha value is -0.550. The van der Waals surface area contributed by atoms with E-state index in [9.17, 15) is 0 Å². The quantitative estimate of drug-likeness (QED) is 0.478. The molecule has 1 aromatic rings. The molecule has 4 heteroatoms. The minimum absolute atomic E-state index is 0.726. The lowest BCUT2D eigenvalue weighted by Crippen LogP contribution is -2.54. The molecule has 1 saturated carbocycles. The van der Waals surface area contributed by atoms with Gasteiger partial charge in [-0.1, -0.05) is 103 Å². The van der Waals surface area contributed by atoms with E-state index in [0.29, 0.717) is 0 Å². The highest BCUT2D eigenvalue weighted by Crippen LogP contribution is 2.31. The number of hydrogen-bond donors (Lipinski definition) is 1. The van der Waals surface area contributed by atoms with Gasteiger partial charge in [0.05, 0.1) is 0 Å². The predicted octanol–water partition coefficient (Wildman–Crippen LogP) is 6.70. The smallest absolute Gasteiger partial charge is 0.0341 e. The van der Waals surface area contributed by atoms with Crippen LogP contribution in [0.1, 0.15) is 79.2 Å². The molecule has 0 aromatic heterocycles. The molecule has 0 amide bonds. The fourth-order valence-corrected chi connectivity index (χ4v) is 4.87. The second kappa shape index (κ2) is 20.4. The molecule has 1 atom stereocenters. The van der Waals surface area contributed by atoms with Crippen molar-refractivity contribution in [2.45, 2.75) is 86.2 Å². The molecule has 3 rings (SSSR count). The molecule has 176 valence electrons. The van der Waals surface area contributed by atoms with Crippen molar-refractivity contribution in [3.8, 4) is 0 Å². The first kappa shape index (κ1) is 29.5. The lowest BCUT2D eigenvalue weighted by molar-refractivity contribution is 0.0886. The van der Waals surface area contributed by atoms with Crippen molar-refractivity contribution in [1.29, 1.82) is 0 Å². The topological polar surface area (TPSA) is 18.5 Å². The summed E-state index contributed by atoms with van der Waals surface area (Å²) in [4.78, 5) is 2.78. The van der Waals surface area contributed by atoms with Gasteiger partial charge < -0.3 is 5.32 Å². The Labute approximate surface area is 193 Å². The predicted molar refractivity (Wildman–Crippen MR) is 139 cm³/mol. The van der Waals surface area contributed by atoms with Gasteiger partial charge in [-0.3, -0.25) is 4.90 Å². The van der Waals surface area contributed by atoms with Gasteiger partial charge >= 0.3 is 0 Å². The van der Waals surface area contributed by atoms with E-state index in [1.54, 1.807) is 0 Å². The Morgan fingerprint density at radius 2 is 1.50 bits per heavy atom. The van der Waals surface area contributed by atoms with E-state index < -0.39 is 0 Å². The highest BCUT2D eigenvalue weighted by molar-refractivity contribution is 7.96. The second-order valence-electron chi connectivity index (χ2n) is 7.24. The summed E-state index contributed by atoms with van der Waals surface area (Å²) in [5.74, 6) is 0.891. The maximum Gasteiger partial charge on any atom is 0.0341 e. The van der Waals surface area contributed by atoms with Crippen molar-refractivity contribution in [2.75, 3.05) is 39.0 Å². The first-order chi connectivity index (χ1) is 14.9. The summed E-state index contributed by atoms with van der Waals surface area (Å²) < 4.78 is 2.58. The molecule has 0 bridgehead atoms. The molecule has 3 nitrogen and oxygen atoms in total. The molecule has 1 unspecified atom stereocenters. The molecule has 1 aromatic carbocycles. The average Bonchev–Trinajstić information content (AvgIpc) is 2.87. The van der Waals surface area contributed by atoms with Gasteiger partial charge in [-0.15, -0.1) is 0 Å². The summed E-state index contributed by atoms with van der Waals surface area (Å²) in [5.41, 5.74) is 1.43. The number of hydrogen-bond acceptors (Lipinski definition) is 4. The van der Waals surface area contributed by atoms with Crippen molar-refractivity contribution < 1.29 is 0 Å². The molecule has 1 saturated heterocycles. The van der Waals surface area contributed by atoms with E-state index in [-0.39, 0.29) is 0 Å². The zero-order valence-corrected chi connectivity index (χ0v) is 21.9. The Morgan fingerprint density at radius 1 is 0.933 bits per heavy atom. The average molecular weight is 438 g/mol. The van der Waals surface area contributed by atoms with Crippen LogP contribution < -0.4 is 5.32 Å². The lowest BCUT2D eigenvalue weighted by atomic mass is 9.83. The van der Waals surface area contributed by atoms with E-state index in [1.807, 2.05) is 53.5 Å². The third-order valence-corrected chi connectivity index (χ3v) is 6.46. The number of nitrogens with one attached hydrogen (secondary N) is 1. The molecule has 30 heavy (non-hydrogen) atoms. The zero-order valence-electron chi connectivity index (χ0n) is 21.1. The Morgan fingerprint density at radius 3 is 2.03 bits per heavy atom. The molecule has 1 N–H and O–H groups in total. The SMILES string of the molecule is CC.CC.CC.CSN(Cc1ccccc1)CC(C1CCCCC1)N1CCNCC1. The summed E-state index contributed by atoms with van der Waals surface area (Å²) in [5, 5.41) is 3.52. The van der Waals surface area contributed by atoms with Crippen molar-refractivity contribution in [3.63, 3.8) is 0 Å². The fraction of sp³-hybridized carbons (Fsp3) is 0.769. The van der Waals surface area contributed by atoms with Crippen molar-refractivity contribution in [3.05, 3.63) is 35.9 Å². The van der Waals surface area contributed by atoms with E-state index in [1.165, 1.54) is 57.3 Å². The monoisotopic (exact) mass is 437 g/mol. The summed E-state index contributed by atoms with van der Waals surface area (Å²) >= 11 is 1.91. The molecule has 2 fully saturated rings. The van der Waals surface area contributed by atoms with Gasteiger partial charge in [-0.05, 0) is 30.6 Å². The van der Waals surface area contributed by atoms with Crippen LogP contribution in [0.3, 0.4) is 0 Å². The Bertz CT molecular complexity index is 439. The first-order valence-corrected chi connectivity index (χ1v) is 13.8. The van der Waals surface area contributed by atoms with Crippen LogP contribution in [-0.4, -0.2) is 54.2 Å². The number of piperazine rings is 1. The molecular weight excluding hydrogens is 386 g/mol. The van der Waals surface area contributed by atoms with Gasteiger partial charge in [0.25, 0.3) is 0 Å². The van der Waals surface area contributed by atoms with E-state index in [4.69, 9.17) is 0 Å². The van der Waals surface area contributed by atoms with Crippen molar-refractivity contribution in [1.82, 2.24) is 14.5 Å². The number of rotatable bonds is 7. The summed E-state index contributed by atoms with van der Waals surface area (Å²) in [6.45, 7) is 19.0. The molecule has 1 aliphatic carbocycles. The van der Waals surface area contributed by atoms with Gasteiger partial charge in [-0.2, -0.15) is 0 Å². The van der Waals surface area contributed by atoms with Crippen molar-refractivity contribution >= 4 is 11.9 Å². The van der Waals surface area contributed by atoms with Gasteiger partial charge in [0.2, 0.25) is 0 Å². The number of nitrogens with zero attached hydrogens (tertiary/aromatic N) is 2. The highest BCUT2D eigenvalue weighted by atomic mass is 32.2. The molecule has 1 aliphatic heterocycles. The van der Waals surface area contributed by atoms with Crippen LogP contribution in [0.2, 0.25) is 0 Å². The molecule has 2 aliphatic rings. The summed E-state index contributed by atoms with van der Waals surface area (Å²) in [7, 11) is 0. The van der Waals surface area contributed by atoms with Crippen LogP contribution in [0, 0.1) is 5.92 Å². The van der Waals surface area contributed by atoms with Gasteiger partial charge in [-0.25, -0.2) is 4.31 Å². The van der Waals surface area contributed by atoms with E-state index in [2.05, 4.69) is 51.1 Å². The largest absolute Gasteiger partial charge is 0.314 e. The fourth-order valence-electron chi connectivity index (χ4n) is 4.29. The molecule has 0 spiro atoms. The van der Waals surface area contributed by atoms with Crippen LogP contribution in [-0.2, 0) is 6.54 Å². The maximum atomic E-state index is 3.52. The summed E-state index contributed by atoms with van der Waals surface area (Å²) in [6.07, 6.45) is 9.42. The third-order valence-electron chi connectivity index (χ3n) is 5.67. The van der Waals surface area contributed by atoms with Crippen LogP contribution in [0.15, 0.2) is 30.3 Å². The van der Waals surface area contributed by atoms with Crippen LogP contribution in [0.25, 0.3) is 0 Å². The zero-order chi connectivity index (χ0) is 22.6. The Kier molecular flexibility index (Phi) is 20.0. The van der Waals surface area contributed by atoms with Crippen LogP contribution in [0.5, 0.6) is 0 Å². The normalized spacial score (nSPS) is 18.1. The standard InChI is InChI=1S/C20H33N3S.3C2H6/c1-24-23(16-18-8-4-2-5-9-18)17-20(19-10-6-3-7-11-19)22-14-12-21-13-15-22;3*1-2/h2,4-5,8-9,19-21H,3,6-7,10-17H2,1H3;3*1-2H3. The first-order valence-electron chi connectivity index (χ1n) is 12.6. The lowest BCUT2D eigenvalue weighted by Gasteiger charge is -2.42. The van der Waals surface area contributed by atoms with Gasteiger partial charge in [0.15, 0.2) is 0 Å². The minimum Gasteiger partial charge on any atom is -0.314 e. The second-order valence-corrected chi connectivity index (χ2v) is 8.12. The van der Waals surface area contributed by atoms with E-state index in [0.717, 1.165) is 31.6 Å². The maximum absolute atomic E-state index is 3.52. The highest BCUT2D eigenvalue weighted by Gasteiger charge is 2.31. The van der Waals surface area contributed by atoms with E-state index >= 15 is 0 Å². The van der Waals surface area contributed by atoms with Crippen LogP contribution >= 0.6 is 11.9 Å². The van der Waals surface area contributed by atoms with Crippen molar-refractivity contribution in [2.24, 2.45) is 5.92 Å². The molecular formula is C26H51N3S. The van der Waals surface area contributed by atoms with Gasteiger partial charge in [0.1, 0.15) is 0 Å². The minimum atomic E-state index is 0.726. The van der Waals surface area contributed by atoms with Crippen LogP contribution in [0.4, 0.5) is 0 Å². The molecule has 1 heterocycles.